The van der Waals surface area contributed by atoms with Gasteiger partial charge in [-0.3, -0.25) is 0 Å². The third kappa shape index (κ3) is 3.33. The predicted octanol–water partition coefficient (Wildman–Crippen LogP) is 5.19. The van der Waals surface area contributed by atoms with Crippen molar-refractivity contribution in [1.29, 1.82) is 0 Å². The number of benzene rings is 2. The highest BCUT2D eigenvalue weighted by molar-refractivity contribution is 5.64. The van der Waals surface area contributed by atoms with Crippen LogP contribution in [0.2, 0.25) is 0 Å². The van der Waals surface area contributed by atoms with Gasteiger partial charge in [0.2, 0.25) is 0 Å². The van der Waals surface area contributed by atoms with Crippen molar-refractivity contribution in [3.05, 3.63) is 59.7 Å². The molecule has 1 N–H and O–H groups in total. The summed E-state index contributed by atoms with van der Waals surface area (Å²) in [5, 5.41) is 3.49. The fourth-order valence-corrected chi connectivity index (χ4v) is 2.90. The lowest BCUT2D eigenvalue weighted by atomic mass is 9.95. The molecule has 2 aromatic carbocycles. The Morgan fingerprint density at radius 1 is 0.818 bits per heavy atom. The molecule has 0 saturated carbocycles. The van der Waals surface area contributed by atoms with Gasteiger partial charge in [-0.1, -0.05) is 42.8 Å². The second kappa shape index (κ2) is 6.13. The van der Waals surface area contributed by atoms with Crippen LogP contribution in [-0.4, -0.2) is 6.54 Å². The van der Waals surface area contributed by atoms with Crippen LogP contribution < -0.4 is 5.32 Å². The second-order valence-corrected chi connectivity index (χ2v) is 5.70. The lowest BCUT2D eigenvalue weighted by Crippen LogP contribution is -2.26. The number of piperidine rings is 1. The molecule has 0 amide bonds. The fourth-order valence-electron chi connectivity index (χ4n) is 2.90. The number of hydrogen-bond acceptors (Lipinski definition) is 1. The number of hydrogen-bond donors (Lipinski definition) is 1. The largest absolute Gasteiger partial charge is 0.416 e. The molecule has 0 unspecified atom stereocenters. The van der Waals surface area contributed by atoms with E-state index in [2.05, 4.69) is 17.4 Å². The fraction of sp³-hybridized carbons (Fsp3) is 0.333. The smallest absolute Gasteiger partial charge is 0.310 e. The van der Waals surface area contributed by atoms with Gasteiger partial charge in [-0.05, 0) is 48.2 Å². The van der Waals surface area contributed by atoms with Gasteiger partial charge in [0.25, 0.3) is 0 Å². The van der Waals surface area contributed by atoms with Crippen LogP contribution in [0.15, 0.2) is 48.5 Å². The minimum atomic E-state index is -4.28. The van der Waals surface area contributed by atoms with Crippen LogP contribution in [0.4, 0.5) is 13.2 Å². The first-order chi connectivity index (χ1) is 10.5. The Bertz CT molecular complexity index is 608. The third-order valence-electron chi connectivity index (χ3n) is 4.17. The summed E-state index contributed by atoms with van der Waals surface area (Å²) in [6.45, 7) is 1.05. The highest BCUT2D eigenvalue weighted by Crippen LogP contribution is 2.31. The summed E-state index contributed by atoms with van der Waals surface area (Å²) in [6, 6.07) is 13.8. The summed E-state index contributed by atoms with van der Waals surface area (Å²) < 4.78 is 37.7. The molecule has 0 spiro atoms. The minimum absolute atomic E-state index is 0.399. The maximum Gasteiger partial charge on any atom is 0.416 e. The minimum Gasteiger partial charge on any atom is -0.310 e. The lowest BCUT2D eigenvalue weighted by Gasteiger charge is -2.24. The molecule has 1 saturated heterocycles. The van der Waals surface area contributed by atoms with E-state index in [1.807, 2.05) is 12.1 Å². The van der Waals surface area contributed by atoms with E-state index in [0.717, 1.165) is 36.2 Å². The molecule has 1 aliphatic rings. The van der Waals surface area contributed by atoms with Crippen molar-refractivity contribution in [3.8, 4) is 11.1 Å². The van der Waals surface area contributed by atoms with Crippen LogP contribution in [0.5, 0.6) is 0 Å². The predicted molar refractivity (Wildman–Crippen MR) is 81.5 cm³/mol. The van der Waals surface area contributed by atoms with E-state index in [1.54, 1.807) is 0 Å². The monoisotopic (exact) mass is 305 g/mol. The van der Waals surface area contributed by atoms with Gasteiger partial charge in [0.15, 0.2) is 0 Å². The first-order valence-corrected chi connectivity index (χ1v) is 7.55. The van der Waals surface area contributed by atoms with Gasteiger partial charge in [0.05, 0.1) is 5.56 Å². The topological polar surface area (TPSA) is 12.0 Å². The first kappa shape index (κ1) is 15.1. The van der Waals surface area contributed by atoms with Gasteiger partial charge >= 0.3 is 6.18 Å². The first-order valence-electron chi connectivity index (χ1n) is 7.55. The van der Waals surface area contributed by atoms with E-state index in [-0.39, 0.29) is 0 Å². The van der Waals surface area contributed by atoms with Crippen LogP contribution in [-0.2, 0) is 6.18 Å². The summed E-state index contributed by atoms with van der Waals surface area (Å²) in [5.41, 5.74) is 2.37. The van der Waals surface area contributed by atoms with Crippen LogP contribution in [0.25, 0.3) is 11.1 Å². The van der Waals surface area contributed by atoms with Crippen molar-refractivity contribution < 1.29 is 13.2 Å². The molecular formula is C18H18F3N. The SMILES string of the molecule is FC(F)(F)c1ccc(-c2ccc([C@@H]3CCCCN3)cc2)cc1. The number of halogens is 3. The molecular weight excluding hydrogens is 287 g/mol. The normalized spacial score (nSPS) is 19.1. The molecule has 4 heteroatoms. The van der Waals surface area contributed by atoms with Crippen molar-refractivity contribution in [1.82, 2.24) is 5.32 Å². The summed E-state index contributed by atoms with van der Waals surface area (Å²) in [6.07, 6.45) is -0.687. The average molecular weight is 305 g/mol. The van der Waals surface area contributed by atoms with Gasteiger partial charge in [-0.25, -0.2) is 0 Å². The summed E-state index contributed by atoms with van der Waals surface area (Å²) in [5.74, 6) is 0. The maximum absolute atomic E-state index is 12.6. The van der Waals surface area contributed by atoms with E-state index in [9.17, 15) is 13.2 Å². The Labute approximate surface area is 128 Å². The highest BCUT2D eigenvalue weighted by Gasteiger charge is 2.29. The molecule has 3 rings (SSSR count). The molecule has 1 atom stereocenters. The van der Waals surface area contributed by atoms with E-state index in [1.165, 1.54) is 30.5 Å². The van der Waals surface area contributed by atoms with Crippen molar-refractivity contribution >= 4 is 0 Å². The number of alkyl halides is 3. The van der Waals surface area contributed by atoms with Crippen molar-refractivity contribution in [2.75, 3.05) is 6.54 Å². The zero-order valence-electron chi connectivity index (χ0n) is 12.2. The summed E-state index contributed by atoms with van der Waals surface area (Å²) in [7, 11) is 0. The standard InChI is InChI=1S/C18H18F3N/c19-18(20,21)16-10-8-14(9-11-16)13-4-6-15(7-5-13)17-3-1-2-12-22-17/h4-11,17,22H,1-3,12H2/t17-/m0/s1. The quantitative estimate of drug-likeness (QED) is 0.805. The molecule has 1 heterocycles. The van der Waals surface area contributed by atoms with Gasteiger partial charge in [0, 0.05) is 6.04 Å². The van der Waals surface area contributed by atoms with Gasteiger partial charge in [0.1, 0.15) is 0 Å². The molecule has 0 radical (unpaired) electrons. The molecule has 0 aromatic heterocycles. The summed E-state index contributed by atoms with van der Waals surface area (Å²) >= 11 is 0. The molecule has 1 nitrogen and oxygen atoms in total. The molecule has 0 bridgehead atoms. The summed E-state index contributed by atoms with van der Waals surface area (Å²) in [4.78, 5) is 0. The van der Waals surface area contributed by atoms with Crippen LogP contribution in [0, 0.1) is 0 Å². The van der Waals surface area contributed by atoms with Crippen molar-refractivity contribution in [3.63, 3.8) is 0 Å². The average Bonchev–Trinajstić information content (AvgIpc) is 2.55. The van der Waals surface area contributed by atoms with Gasteiger partial charge in [-0.2, -0.15) is 13.2 Å². The van der Waals surface area contributed by atoms with E-state index in [0.29, 0.717) is 6.04 Å². The molecule has 0 aliphatic carbocycles. The van der Waals surface area contributed by atoms with Crippen LogP contribution in [0.3, 0.4) is 0 Å². The van der Waals surface area contributed by atoms with Crippen LogP contribution >= 0.6 is 0 Å². The molecule has 22 heavy (non-hydrogen) atoms. The number of rotatable bonds is 2. The number of nitrogens with one attached hydrogen (secondary N) is 1. The maximum atomic E-state index is 12.6. The molecule has 1 fully saturated rings. The Morgan fingerprint density at radius 3 is 1.91 bits per heavy atom. The Morgan fingerprint density at radius 2 is 1.41 bits per heavy atom. The third-order valence-corrected chi connectivity index (χ3v) is 4.17. The Balaban J connectivity index is 1.77. The Hall–Kier alpha value is -1.81. The van der Waals surface area contributed by atoms with Crippen molar-refractivity contribution in [2.45, 2.75) is 31.5 Å². The van der Waals surface area contributed by atoms with Crippen molar-refractivity contribution in [2.24, 2.45) is 0 Å². The van der Waals surface area contributed by atoms with Gasteiger partial charge in [-0.15, -0.1) is 0 Å². The lowest BCUT2D eigenvalue weighted by molar-refractivity contribution is -0.137. The zero-order valence-corrected chi connectivity index (χ0v) is 12.2. The molecule has 116 valence electrons. The van der Waals surface area contributed by atoms with E-state index < -0.39 is 11.7 Å². The molecule has 1 aliphatic heterocycles. The van der Waals surface area contributed by atoms with E-state index >= 15 is 0 Å². The van der Waals surface area contributed by atoms with E-state index in [4.69, 9.17) is 0 Å². The zero-order chi connectivity index (χ0) is 15.6. The second-order valence-electron chi connectivity index (χ2n) is 5.70. The highest BCUT2D eigenvalue weighted by atomic mass is 19.4. The molecule has 2 aromatic rings. The van der Waals surface area contributed by atoms with Gasteiger partial charge < -0.3 is 5.32 Å². The Kier molecular flexibility index (Phi) is 4.21. The van der Waals surface area contributed by atoms with Crippen LogP contribution in [0.1, 0.15) is 36.4 Å².